The smallest absolute Gasteiger partial charge is 0.122 e. The minimum atomic E-state index is 0.265. The molecule has 0 spiro atoms. The highest BCUT2D eigenvalue weighted by molar-refractivity contribution is 5.49. The average molecular weight is 377 g/mol. The zero-order valence-corrected chi connectivity index (χ0v) is 16.6. The van der Waals surface area contributed by atoms with Gasteiger partial charge < -0.3 is 20.6 Å². The standard InChI is InChI=1S/C24H27NO3/c1-15-6-4-8-19(22(15)26)12-21-11-18(10-17(3)24(21)28)13-25-14-20-9-5-7-16(2)23(20)27/h4-11,25-28H,12-14H2,1-3H3. The minimum Gasteiger partial charge on any atom is -0.507 e. The van der Waals surface area contributed by atoms with Crippen molar-refractivity contribution in [3.05, 3.63) is 87.5 Å². The van der Waals surface area contributed by atoms with Crippen molar-refractivity contribution in [3.8, 4) is 17.2 Å². The Morgan fingerprint density at radius 2 is 1.21 bits per heavy atom. The van der Waals surface area contributed by atoms with Crippen molar-refractivity contribution < 1.29 is 15.3 Å². The van der Waals surface area contributed by atoms with Crippen molar-refractivity contribution >= 4 is 0 Å². The lowest BCUT2D eigenvalue weighted by Crippen LogP contribution is -2.13. The number of para-hydroxylation sites is 2. The van der Waals surface area contributed by atoms with Crippen molar-refractivity contribution in [1.29, 1.82) is 0 Å². The number of phenolic OH excluding ortho intramolecular Hbond substituents is 3. The highest BCUT2D eigenvalue weighted by Crippen LogP contribution is 2.30. The van der Waals surface area contributed by atoms with Gasteiger partial charge in [0.05, 0.1) is 0 Å². The molecule has 0 bridgehead atoms. The summed E-state index contributed by atoms with van der Waals surface area (Å²) in [6, 6.07) is 15.3. The first-order chi connectivity index (χ1) is 13.4. The zero-order chi connectivity index (χ0) is 20.3. The van der Waals surface area contributed by atoms with E-state index in [4.69, 9.17) is 0 Å². The molecular weight excluding hydrogens is 350 g/mol. The summed E-state index contributed by atoms with van der Waals surface area (Å²) in [5.74, 6) is 0.867. The van der Waals surface area contributed by atoms with Crippen LogP contribution in [0.3, 0.4) is 0 Å². The monoisotopic (exact) mass is 377 g/mol. The van der Waals surface area contributed by atoms with Gasteiger partial charge in [0, 0.05) is 25.1 Å². The highest BCUT2D eigenvalue weighted by atomic mass is 16.3. The van der Waals surface area contributed by atoms with Gasteiger partial charge in [-0.2, -0.15) is 0 Å². The third kappa shape index (κ3) is 4.29. The molecule has 0 radical (unpaired) electrons. The fraction of sp³-hybridized carbons (Fsp3) is 0.250. The van der Waals surface area contributed by atoms with Crippen LogP contribution in [0.15, 0.2) is 48.5 Å². The van der Waals surface area contributed by atoms with Gasteiger partial charge >= 0.3 is 0 Å². The van der Waals surface area contributed by atoms with E-state index < -0.39 is 0 Å². The van der Waals surface area contributed by atoms with Gasteiger partial charge in [0.25, 0.3) is 0 Å². The molecule has 0 amide bonds. The van der Waals surface area contributed by atoms with E-state index in [0.717, 1.165) is 38.9 Å². The Labute approximate surface area is 166 Å². The van der Waals surface area contributed by atoms with Crippen LogP contribution in [0.5, 0.6) is 17.2 Å². The summed E-state index contributed by atoms with van der Waals surface area (Å²) in [5.41, 5.74) is 5.98. The average Bonchev–Trinajstić information content (AvgIpc) is 2.66. The van der Waals surface area contributed by atoms with Crippen molar-refractivity contribution in [2.75, 3.05) is 0 Å². The van der Waals surface area contributed by atoms with Crippen LogP contribution in [-0.4, -0.2) is 15.3 Å². The molecule has 28 heavy (non-hydrogen) atoms. The minimum absolute atomic E-state index is 0.265. The van der Waals surface area contributed by atoms with E-state index in [1.807, 2.05) is 69.3 Å². The van der Waals surface area contributed by atoms with Crippen LogP contribution in [0.4, 0.5) is 0 Å². The van der Waals surface area contributed by atoms with Gasteiger partial charge in [0.15, 0.2) is 0 Å². The van der Waals surface area contributed by atoms with Gasteiger partial charge in [0.1, 0.15) is 17.2 Å². The molecule has 4 nitrogen and oxygen atoms in total. The summed E-state index contributed by atoms with van der Waals surface area (Å²) in [5, 5.41) is 34.3. The molecule has 3 rings (SSSR count). The van der Waals surface area contributed by atoms with Gasteiger partial charge in [-0.1, -0.05) is 48.5 Å². The number of rotatable bonds is 6. The van der Waals surface area contributed by atoms with Crippen molar-refractivity contribution in [1.82, 2.24) is 5.32 Å². The summed E-state index contributed by atoms with van der Waals surface area (Å²) in [7, 11) is 0. The molecule has 0 aromatic heterocycles. The molecule has 3 aromatic rings. The number of hydrogen-bond acceptors (Lipinski definition) is 4. The van der Waals surface area contributed by atoms with Crippen LogP contribution in [0, 0.1) is 20.8 Å². The number of benzene rings is 3. The fourth-order valence-electron chi connectivity index (χ4n) is 3.44. The van der Waals surface area contributed by atoms with E-state index >= 15 is 0 Å². The molecule has 0 aliphatic heterocycles. The van der Waals surface area contributed by atoms with Crippen LogP contribution in [0.1, 0.15) is 38.9 Å². The molecule has 0 atom stereocenters. The normalized spacial score (nSPS) is 11.0. The third-order valence-electron chi connectivity index (χ3n) is 5.11. The van der Waals surface area contributed by atoms with Gasteiger partial charge in [-0.05, 0) is 54.2 Å². The molecular formula is C24H27NO3. The lowest BCUT2D eigenvalue weighted by atomic mass is 9.97. The number of nitrogens with one attached hydrogen (secondary N) is 1. The van der Waals surface area contributed by atoms with E-state index in [2.05, 4.69) is 5.32 Å². The quantitative estimate of drug-likeness (QED) is 0.506. The van der Waals surface area contributed by atoms with E-state index in [9.17, 15) is 15.3 Å². The first-order valence-corrected chi connectivity index (χ1v) is 9.43. The maximum Gasteiger partial charge on any atom is 0.122 e. The van der Waals surface area contributed by atoms with Gasteiger partial charge in [-0.15, -0.1) is 0 Å². The third-order valence-corrected chi connectivity index (χ3v) is 5.11. The lowest BCUT2D eigenvalue weighted by Gasteiger charge is -2.14. The second-order valence-electron chi connectivity index (χ2n) is 7.37. The molecule has 0 saturated heterocycles. The Hall–Kier alpha value is -2.98. The van der Waals surface area contributed by atoms with Crippen LogP contribution < -0.4 is 5.32 Å². The number of aryl methyl sites for hydroxylation is 3. The highest BCUT2D eigenvalue weighted by Gasteiger charge is 2.12. The molecule has 4 N–H and O–H groups in total. The second-order valence-corrected chi connectivity index (χ2v) is 7.37. The maximum absolute atomic E-state index is 10.5. The SMILES string of the molecule is Cc1cccc(CNCc2cc(C)c(O)c(Cc3cccc(C)c3O)c2)c1O. The lowest BCUT2D eigenvalue weighted by molar-refractivity contribution is 0.458. The molecule has 0 heterocycles. The summed E-state index contributed by atoms with van der Waals surface area (Å²) in [4.78, 5) is 0. The predicted molar refractivity (Wildman–Crippen MR) is 112 cm³/mol. The van der Waals surface area contributed by atoms with E-state index in [1.165, 1.54) is 0 Å². The van der Waals surface area contributed by atoms with Crippen LogP contribution in [-0.2, 0) is 19.5 Å². The van der Waals surface area contributed by atoms with Crippen LogP contribution in [0.25, 0.3) is 0 Å². The molecule has 0 saturated carbocycles. The molecule has 0 aliphatic rings. The molecule has 3 aromatic carbocycles. The molecule has 4 heteroatoms. The van der Waals surface area contributed by atoms with Crippen LogP contribution in [0.2, 0.25) is 0 Å². The van der Waals surface area contributed by atoms with Crippen molar-refractivity contribution in [3.63, 3.8) is 0 Å². The Morgan fingerprint density at radius 3 is 1.89 bits per heavy atom. The van der Waals surface area contributed by atoms with Gasteiger partial charge in [0.2, 0.25) is 0 Å². The Bertz CT molecular complexity index is 995. The van der Waals surface area contributed by atoms with Crippen molar-refractivity contribution in [2.45, 2.75) is 40.3 Å². The number of aromatic hydroxyl groups is 3. The number of hydrogen-bond donors (Lipinski definition) is 4. The number of phenols is 3. The Kier molecular flexibility index (Phi) is 5.90. The molecule has 146 valence electrons. The first kappa shape index (κ1) is 19.8. The summed E-state index contributed by atoms with van der Waals surface area (Å²) in [6.07, 6.45) is 0.465. The largest absolute Gasteiger partial charge is 0.507 e. The Balaban J connectivity index is 1.76. The van der Waals surface area contributed by atoms with E-state index in [-0.39, 0.29) is 11.5 Å². The fourth-order valence-corrected chi connectivity index (χ4v) is 3.44. The Morgan fingerprint density at radius 1 is 0.643 bits per heavy atom. The van der Waals surface area contributed by atoms with Gasteiger partial charge in [-0.3, -0.25) is 0 Å². The zero-order valence-electron chi connectivity index (χ0n) is 16.6. The van der Waals surface area contributed by atoms with Crippen LogP contribution >= 0.6 is 0 Å². The maximum atomic E-state index is 10.5. The first-order valence-electron chi connectivity index (χ1n) is 9.43. The molecule has 0 fully saturated rings. The molecule has 0 unspecified atom stereocenters. The summed E-state index contributed by atoms with van der Waals surface area (Å²) < 4.78 is 0. The van der Waals surface area contributed by atoms with Crippen molar-refractivity contribution in [2.24, 2.45) is 0 Å². The van der Waals surface area contributed by atoms with E-state index in [0.29, 0.717) is 25.3 Å². The van der Waals surface area contributed by atoms with Gasteiger partial charge in [-0.25, -0.2) is 0 Å². The second kappa shape index (κ2) is 8.36. The predicted octanol–water partition coefficient (Wildman–Crippen LogP) is 4.61. The summed E-state index contributed by atoms with van der Waals surface area (Å²) in [6.45, 7) is 6.80. The van der Waals surface area contributed by atoms with E-state index in [1.54, 1.807) is 0 Å². The molecule has 0 aliphatic carbocycles. The topological polar surface area (TPSA) is 72.7 Å². The summed E-state index contributed by atoms with van der Waals surface area (Å²) >= 11 is 0.